The van der Waals surface area contributed by atoms with E-state index in [4.69, 9.17) is 9.84 Å². The summed E-state index contributed by atoms with van der Waals surface area (Å²) in [5.74, 6) is -0.950. The largest absolute Gasteiger partial charge is 0.490 e. The molecule has 5 nitrogen and oxygen atoms in total. The number of ether oxygens (including phenoxy) is 1. The van der Waals surface area contributed by atoms with Gasteiger partial charge in [0.2, 0.25) is 5.91 Å². The van der Waals surface area contributed by atoms with E-state index < -0.39 is 17.9 Å². The molecule has 0 aliphatic heterocycles. The van der Waals surface area contributed by atoms with Gasteiger partial charge in [-0.1, -0.05) is 30.4 Å². The molecule has 0 saturated heterocycles. The molecule has 102 valence electrons. The number of benzene rings is 1. The molecule has 0 saturated carbocycles. The third-order valence-electron chi connectivity index (χ3n) is 2.35. The standard InChI is InChI=1S/C14H17NO4/c1-3-6-11-7-4-5-8-13(11)19-9-12(14(17)18)15-10(2)16/h3-8,12H,9H2,1-2H3,(H,15,16)(H,17,18). The second kappa shape index (κ2) is 7.20. The van der Waals surface area contributed by atoms with Crippen LogP contribution in [0, 0.1) is 0 Å². The molecule has 2 N–H and O–H groups in total. The summed E-state index contributed by atoms with van der Waals surface area (Å²) in [5, 5.41) is 11.3. The van der Waals surface area contributed by atoms with E-state index in [1.54, 1.807) is 12.1 Å². The average molecular weight is 263 g/mol. The number of para-hydroxylation sites is 1. The molecular weight excluding hydrogens is 246 g/mol. The highest BCUT2D eigenvalue weighted by Crippen LogP contribution is 2.19. The van der Waals surface area contributed by atoms with Gasteiger partial charge in [0.05, 0.1) is 0 Å². The van der Waals surface area contributed by atoms with Crippen molar-refractivity contribution in [2.24, 2.45) is 0 Å². The van der Waals surface area contributed by atoms with Crippen molar-refractivity contribution in [1.82, 2.24) is 5.32 Å². The monoisotopic (exact) mass is 263 g/mol. The summed E-state index contributed by atoms with van der Waals surface area (Å²) in [6, 6.07) is 6.23. The van der Waals surface area contributed by atoms with Crippen molar-refractivity contribution < 1.29 is 19.4 Å². The first-order chi connectivity index (χ1) is 9.04. The fourth-order valence-electron chi connectivity index (χ4n) is 1.52. The fraction of sp³-hybridized carbons (Fsp3) is 0.286. The van der Waals surface area contributed by atoms with Crippen LogP contribution in [0.4, 0.5) is 0 Å². The molecule has 19 heavy (non-hydrogen) atoms. The predicted molar refractivity (Wildman–Crippen MR) is 71.9 cm³/mol. The van der Waals surface area contributed by atoms with Gasteiger partial charge in [-0.2, -0.15) is 0 Å². The van der Waals surface area contributed by atoms with Crippen LogP contribution < -0.4 is 10.1 Å². The van der Waals surface area contributed by atoms with Gasteiger partial charge in [0.25, 0.3) is 0 Å². The summed E-state index contributed by atoms with van der Waals surface area (Å²) in [6.45, 7) is 3.03. The van der Waals surface area contributed by atoms with Gasteiger partial charge >= 0.3 is 5.97 Å². The lowest BCUT2D eigenvalue weighted by molar-refractivity contribution is -0.142. The van der Waals surface area contributed by atoms with E-state index in [0.717, 1.165) is 5.56 Å². The van der Waals surface area contributed by atoms with Crippen LogP contribution in [0.3, 0.4) is 0 Å². The molecule has 1 aromatic carbocycles. The van der Waals surface area contributed by atoms with E-state index in [9.17, 15) is 9.59 Å². The molecule has 0 heterocycles. The number of hydrogen-bond acceptors (Lipinski definition) is 3. The van der Waals surface area contributed by atoms with Crippen molar-refractivity contribution in [3.63, 3.8) is 0 Å². The molecule has 0 fully saturated rings. The Kier molecular flexibility index (Phi) is 5.60. The molecule has 0 aromatic heterocycles. The second-order valence-electron chi connectivity index (χ2n) is 3.94. The first-order valence-corrected chi connectivity index (χ1v) is 5.89. The summed E-state index contributed by atoms with van der Waals surface area (Å²) >= 11 is 0. The predicted octanol–water partition coefficient (Wildman–Crippen LogP) is 1.69. The van der Waals surface area contributed by atoms with Gasteiger partial charge < -0.3 is 15.2 Å². The Balaban J connectivity index is 2.74. The number of aliphatic carboxylic acids is 1. The van der Waals surface area contributed by atoms with Crippen LogP contribution in [-0.4, -0.2) is 29.6 Å². The van der Waals surface area contributed by atoms with Gasteiger partial charge in [0, 0.05) is 12.5 Å². The van der Waals surface area contributed by atoms with Gasteiger partial charge in [0.15, 0.2) is 6.04 Å². The highest BCUT2D eigenvalue weighted by atomic mass is 16.5. The smallest absolute Gasteiger partial charge is 0.329 e. The summed E-state index contributed by atoms with van der Waals surface area (Å²) in [7, 11) is 0. The Morgan fingerprint density at radius 1 is 1.42 bits per heavy atom. The number of hydrogen-bond donors (Lipinski definition) is 2. The summed E-state index contributed by atoms with van der Waals surface area (Å²) in [5.41, 5.74) is 0.858. The number of carbonyl (C=O) groups is 2. The van der Waals surface area contributed by atoms with Crippen LogP contribution in [0.2, 0.25) is 0 Å². The van der Waals surface area contributed by atoms with Crippen LogP contribution in [0.15, 0.2) is 30.3 Å². The topological polar surface area (TPSA) is 75.6 Å². The summed E-state index contributed by atoms with van der Waals surface area (Å²) in [6.07, 6.45) is 3.73. The van der Waals surface area contributed by atoms with E-state index in [2.05, 4.69) is 5.32 Å². The first-order valence-electron chi connectivity index (χ1n) is 5.89. The van der Waals surface area contributed by atoms with Crippen LogP contribution in [0.25, 0.3) is 6.08 Å². The Labute approximate surface area is 111 Å². The lowest BCUT2D eigenvalue weighted by Crippen LogP contribution is -2.43. The first kappa shape index (κ1) is 14.8. The number of allylic oxidation sites excluding steroid dienone is 1. The average Bonchev–Trinajstić information content (AvgIpc) is 2.35. The zero-order valence-electron chi connectivity index (χ0n) is 10.9. The normalized spacial score (nSPS) is 12.1. The Morgan fingerprint density at radius 2 is 2.11 bits per heavy atom. The third kappa shape index (κ3) is 4.83. The van der Waals surface area contributed by atoms with Gasteiger partial charge in [-0.15, -0.1) is 0 Å². The lowest BCUT2D eigenvalue weighted by Gasteiger charge is -2.15. The van der Waals surface area contributed by atoms with E-state index in [0.29, 0.717) is 5.75 Å². The van der Waals surface area contributed by atoms with Crippen LogP contribution >= 0.6 is 0 Å². The highest BCUT2D eigenvalue weighted by molar-refractivity contribution is 5.82. The zero-order chi connectivity index (χ0) is 14.3. The minimum Gasteiger partial charge on any atom is -0.490 e. The number of amides is 1. The van der Waals surface area contributed by atoms with E-state index >= 15 is 0 Å². The van der Waals surface area contributed by atoms with Gasteiger partial charge in [-0.25, -0.2) is 4.79 Å². The van der Waals surface area contributed by atoms with Crippen molar-refractivity contribution in [3.05, 3.63) is 35.9 Å². The van der Waals surface area contributed by atoms with Crippen molar-refractivity contribution >= 4 is 18.0 Å². The van der Waals surface area contributed by atoms with Crippen LogP contribution in [-0.2, 0) is 9.59 Å². The molecule has 1 rings (SSSR count). The number of carboxylic acid groups (broad SMARTS) is 1. The molecule has 0 aliphatic carbocycles. The van der Waals surface area contributed by atoms with Gasteiger partial charge in [-0.05, 0) is 13.0 Å². The fourth-order valence-corrected chi connectivity index (χ4v) is 1.52. The van der Waals surface area contributed by atoms with Crippen molar-refractivity contribution in [2.75, 3.05) is 6.61 Å². The number of nitrogens with one attached hydrogen (secondary N) is 1. The maximum Gasteiger partial charge on any atom is 0.329 e. The Bertz CT molecular complexity index is 482. The number of carbonyl (C=O) groups excluding carboxylic acids is 1. The zero-order valence-corrected chi connectivity index (χ0v) is 10.9. The maximum atomic E-state index is 11.0. The molecule has 1 aromatic rings. The Hall–Kier alpha value is -2.30. The number of carboxylic acids is 1. The molecule has 1 atom stereocenters. The molecule has 0 spiro atoms. The van der Waals surface area contributed by atoms with E-state index in [1.807, 2.05) is 31.2 Å². The number of rotatable bonds is 6. The van der Waals surface area contributed by atoms with Gasteiger partial charge in [0.1, 0.15) is 12.4 Å². The lowest BCUT2D eigenvalue weighted by atomic mass is 10.2. The highest BCUT2D eigenvalue weighted by Gasteiger charge is 2.19. The molecular formula is C14H17NO4. The Morgan fingerprint density at radius 3 is 2.68 bits per heavy atom. The minimum atomic E-state index is -1.13. The summed E-state index contributed by atoms with van der Waals surface area (Å²) in [4.78, 5) is 21.9. The quantitative estimate of drug-likeness (QED) is 0.819. The van der Waals surface area contributed by atoms with Crippen molar-refractivity contribution in [3.8, 4) is 5.75 Å². The van der Waals surface area contributed by atoms with E-state index in [1.165, 1.54) is 6.92 Å². The SMILES string of the molecule is CC=Cc1ccccc1OCC(NC(C)=O)C(=O)O. The minimum absolute atomic E-state index is 0.122. The molecule has 1 amide bonds. The van der Waals surface area contributed by atoms with Crippen molar-refractivity contribution in [2.45, 2.75) is 19.9 Å². The van der Waals surface area contributed by atoms with Crippen LogP contribution in [0.5, 0.6) is 5.75 Å². The molecule has 0 bridgehead atoms. The van der Waals surface area contributed by atoms with Crippen molar-refractivity contribution in [1.29, 1.82) is 0 Å². The molecule has 0 radical (unpaired) electrons. The van der Waals surface area contributed by atoms with E-state index in [-0.39, 0.29) is 6.61 Å². The third-order valence-corrected chi connectivity index (χ3v) is 2.35. The summed E-state index contributed by atoms with van der Waals surface area (Å²) < 4.78 is 5.47. The maximum absolute atomic E-state index is 11.0. The molecule has 1 unspecified atom stereocenters. The molecule has 0 aliphatic rings. The second-order valence-corrected chi connectivity index (χ2v) is 3.94. The van der Waals surface area contributed by atoms with Crippen LogP contribution in [0.1, 0.15) is 19.4 Å². The molecule has 5 heteroatoms. The van der Waals surface area contributed by atoms with Gasteiger partial charge in [-0.3, -0.25) is 4.79 Å².